The third-order valence-corrected chi connectivity index (χ3v) is 5.89. The molecule has 30 heavy (non-hydrogen) atoms. The normalized spacial score (nSPS) is 22.8. The van der Waals surface area contributed by atoms with Crippen LogP contribution in [0.3, 0.4) is 0 Å². The van der Waals surface area contributed by atoms with Crippen molar-refractivity contribution in [2.75, 3.05) is 7.11 Å². The van der Waals surface area contributed by atoms with Crippen LogP contribution in [0.25, 0.3) is 0 Å². The van der Waals surface area contributed by atoms with Crippen molar-refractivity contribution in [2.24, 2.45) is 17.8 Å². The van der Waals surface area contributed by atoms with E-state index in [1.165, 1.54) is 24.1 Å². The number of fused-ring (bicyclic) bond motifs is 1. The summed E-state index contributed by atoms with van der Waals surface area (Å²) < 4.78 is 19.0. The third-order valence-electron chi connectivity index (χ3n) is 5.89. The van der Waals surface area contributed by atoms with E-state index in [9.17, 15) is 18.8 Å². The number of carbonyl (C=O) groups excluding carboxylic acids is 3. The van der Waals surface area contributed by atoms with Crippen LogP contribution >= 0.6 is 0 Å². The second-order valence-electron chi connectivity index (χ2n) is 8.47. The van der Waals surface area contributed by atoms with Crippen molar-refractivity contribution in [3.8, 4) is 5.75 Å². The number of imide groups is 1. The molecule has 3 amide bonds. The van der Waals surface area contributed by atoms with Gasteiger partial charge in [-0.1, -0.05) is 32.1 Å². The summed E-state index contributed by atoms with van der Waals surface area (Å²) in [5.41, 5.74) is 0.571. The van der Waals surface area contributed by atoms with Crippen molar-refractivity contribution in [3.63, 3.8) is 0 Å². The minimum atomic E-state index is -0.874. The molecule has 1 fully saturated rings. The van der Waals surface area contributed by atoms with Crippen LogP contribution in [0, 0.1) is 23.6 Å². The van der Waals surface area contributed by atoms with E-state index in [0.717, 1.165) is 0 Å². The van der Waals surface area contributed by atoms with Gasteiger partial charge in [0.15, 0.2) is 11.6 Å². The molecule has 0 saturated carbocycles. The molecular formula is C23H29FN2O4. The summed E-state index contributed by atoms with van der Waals surface area (Å²) in [4.78, 5) is 40.3. The van der Waals surface area contributed by atoms with Crippen LogP contribution in [0.4, 0.5) is 4.39 Å². The van der Waals surface area contributed by atoms with E-state index in [1.807, 2.05) is 26.0 Å². The molecular weight excluding hydrogens is 387 g/mol. The molecule has 0 radical (unpaired) electrons. The number of carbonyl (C=O) groups is 3. The zero-order valence-corrected chi connectivity index (χ0v) is 17.9. The van der Waals surface area contributed by atoms with E-state index in [-0.39, 0.29) is 35.3 Å². The lowest BCUT2D eigenvalue weighted by Gasteiger charge is -2.28. The Morgan fingerprint density at radius 1 is 1.17 bits per heavy atom. The Morgan fingerprint density at radius 2 is 1.77 bits per heavy atom. The number of rotatable bonds is 7. The number of benzene rings is 1. The zero-order chi connectivity index (χ0) is 22.0. The van der Waals surface area contributed by atoms with Crippen LogP contribution in [0.5, 0.6) is 5.75 Å². The molecule has 3 rings (SSSR count). The van der Waals surface area contributed by atoms with Crippen LogP contribution in [0.15, 0.2) is 30.4 Å². The van der Waals surface area contributed by atoms with E-state index in [2.05, 4.69) is 5.32 Å². The number of ether oxygens (including phenoxy) is 1. The first-order valence-corrected chi connectivity index (χ1v) is 10.4. The number of nitrogens with one attached hydrogen (secondary N) is 1. The molecule has 0 aromatic heterocycles. The van der Waals surface area contributed by atoms with Gasteiger partial charge in [0.25, 0.3) is 0 Å². The first kappa shape index (κ1) is 22.0. The molecule has 1 saturated heterocycles. The smallest absolute Gasteiger partial charge is 0.243 e. The molecule has 1 aromatic carbocycles. The molecule has 1 heterocycles. The van der Waals surface area contributed by atoms with Crippen molar-refractivity contribution in [2.45, 2.75) is 52.1 Å². The summed E-state index contributed by atoms with van der Waals surface area (Å²) in [6.45, 7) is 5.63. The van der Waals surface area contributed by atoms with Gasteiger partial charge >= 0.3 is 0 Å². The minimum absolute atomic E-state index is 0.107. The number of hydrogen-bond donors (Lipinski definition) is 1. The molecule has 162 valence electrons. The molecule has 1 N–H and O–H groups in total. The predicted octanol–water partition coefficient (Wildman–Crippen LogP) is 3.38. The second-order valence-corrected chi connectivity index (χ2v) is 8.47. The van der Waals surface area contributed by atoms with Gasteiger partial charge in [-0.2, -0.15) is 0 Å². The molecule has 1 aliphatic heterocycles. The lowest BCUT2D eigenvalue weighted by atomic mass is 9.85. The Bertz CT molecular complexity index is 841. The maximum absolute atomic E-state index is 14.1. The van der Waals surface area contributed by atoms with Crippen molar-refractivity contribution in [3.05, 3.63) is 41.7 Å². The number of nitrogens with zero attached hydrogens (tertiary/aromatic N) is 1. The quantitative estimate of drug-likeness (QED) is 0.546. The van der Waals surface area contributed by atoms with Crippen molar-refractivity contribution in [1.82, 2.24) is 10.2 Å². The molecule has 0 bridgehead atoms. The molecule has 1 aromatic rings. The topological polar surface area (TPSA) is 75.7 Å². The van der Waals surface area contributed by atoms with Crippen LogP contribution in [-0.2, 0) is 14.4 Å². The molecule has 1 aliphatic carbocycles. The molecule has 7 heteroatoms. The summed E-state index contributed by atoms with van der Waals surface area (Å²) >= 11 is 0. The largest absolute Gasteiger partial charge is 0.494 e. The monoisotopic (exact) mass is 416 g/mol. The van der Waals surface area contributed by atoms with E-state index < -0.39 is 23.8 Å². The van der Waals surface area contributed by atoms with Crippen LogP contribution < -0.4 is 10.1 Å². The number of halogens is 1. The minimum Gasteiger partial charge on any atom is -0.494 e. The van der Waals surface area contributed by atoms with Crippen LogP contribution in [0.1, 0.15) is 51.6 Å². The van der Waals surface area contributed by atoms with E-state index in [1.54, 1.807) is 13.0 Å². The lowest BCUT2D eigenvalue weighted by molar-refractivity contribution is -0.148. The van der Waals surface area contributed by atoms with Gasteiger partial charge in [-0.25, -0.2) is 4.39 Å². The van der Waals surface area contributed by atoms with Crippen LogP contribution in [-0.4, -0.2) is 35.8 Å². The predicted molar refractivity (Wildman–Crippen MR) is 110 cm³/mol. The fourth-order valence-electron chi connectivity index (χ4n) is 4.25. The van der Waals surface area contributed by atoms with Gasteiger partial charge in [-0.05, 0) is 49.8 Å². The highest BCUT2D eigenvalue weighted by atomic mass is 19.1. The first-order chi connectivity index (χ1) is 14.2. The first-order valence-electron chi connectivity index (χ1n) is 10.4. The van der Waals surface area contributed by atoms with Gasteiger partial charge in [-0.3, -0.25) is 19.3 Å². The van der Waals surface area contributed by atoms with Gasteiger partial charge in [0.05, 0.1) is 25.0 Å². The number of allylic oxidation sites excluding steroid dienone is 2. The highest BCUT2D eigenvalue weighted by Gasteiger charge is 2.51. The Balaban J connectivity index is 1.80. The maximum atomic E-state index is 14.1. The number of hydrogen-bond acceptors (Lipinski definition) is 4. The highest BCUT2D eigenvalue weighted by Crippen LogP contribution is 2.37. The fraction of sp³-hybridized carbons (Fsp3) is 0.522. The Morgan fingerprint density at radius 3 is 2.27 bits per heavy atom. The van der Waals surface area contributed by atoms with Gasteiger partial charge in [0.2, 0.25) is 17.7 Å². The zero-order valence-electron chi connectivity index (χ0n) is 17.9. The van der Waals surface area contributed by atoms with Crippen molar-refractivity contribution in [1.29, 1.82) is 0 Å². The van der Waals surface area contributed by atoms with E-state index >= 15 is 0 Å². The fourth-order valence-corrected chi connectivity index (χ4v) is 4.25. The van der Waals surface area contributed by atoms with Gasteiger partial charge < -0.3 is 10.1 Å². The molecule has 4 atom stereocenters. The summed E-state index contributed by atoms with van der Waals surface area (Å²) in [6, 6.07) is 3.12. The number of amides is 3. The summed E-state index contributed by atoms with van der Waals surface area (Å²) in [5, 5.41) is 2.86. The Kier molecular flexibility index (Phi) is 6.58. The molecule has 6 nitrogen and oxygen atoms in total. The summed E-state index contributed by atoms with van der Waals surface area (Å²) in [7, 11) is 1.39. The molecule has 4 unspecified atom stereocenters. The molecule has 0 spiro atoms. The Hall–Kier alpha value is -2.70. The number of likely N-dealkylation sites (tertiary alicyclic amines) is 1. The maximum Gasteiger partial charge on any atom is 0.243 e. The van der Waals surface area contributed by atoms with Crippen molar-refractivity contribution < 1.29 is 23.5 Å². The SMILES string of the molecule is COc1ccc(C(C)NC(=O)C(CC(C)C)N2C(=O)C3CC=CCC3C2=O)cc1F. The number of methoxy groups -OCH3 is 1. The highest BCUT2D eigenvalue weighted by molar-refractivity contribution is 6.08. The van der Waals surface area contributed by atoms with E-state index in [4.69, 9.17) is 4.74 Å². The third kappa shape index (κ3) is 4.25. The summed E-state index contributed by atoms with van der Waals surface area (Å²) in [6.07, 6.45) is 5.29. The van der Waals surface area contributed by atoms with Gasteiger partial charge in [-0.15, -0.1) is 0 Å². The standard InChI is InChI=1S/C23H29FN2O4/c1-13(2)11-19(26-22(28)16-7-5-6-8-17(16)23(26)29)21(27)25-14(3)15-9-10-20(30-4)18(24)12-15/h5-6,9-10,12-14,16-17,19H,7-8,11H2,1-4H3,(H,25,27). The molecule has 2 aliphatic rings. The Labute approximate surface area is 176 Å². The summed E-state index contributed by atoms with van der Waals surface area (Å²) in [5.74, 6) is -1.97. The van der Waals surface area contributed by atoms with Gasteiger partial charge in [0.1, 0.15) is 6.04 Å². The van der Waals surface area contributed by atoms with Crippen molar-refractivity contribution >= 4 is 17.7 Å². The van der Waals surface area contributed by atoms with Gasteiger partial charge in [0, 0.05) is 0 Å². The average Bonchev–Trinajstić information content (AvgIpc) is 2.96. The van der Waals surface area contributed by atoms with Crippen LogP contribution in [0.2, 0.25) is 0 Å². The van der Waals surface area contributed by atoms with E-state index in [0.29, 0.717) is 24.8 Å². The average molecular weight is 416 g/mol. The lowest BCUT2D eigenvalue weighted by Crippen LogP contribution is -2.51. The second kappa shape index (κ2) is 8.98.